The monoisotopic (exact) mass is 185 g/mol. The lowest BCUT2D eigenvalue weighted by Gasteiger charge is -2.28. The van der Waals surface area contributed by atoms with Crippen molar-refractivity contribution in [3.63, 3.8) is 0 Å². The van der Waals surface area contributed by atoms with Gasteiger partial charge in [0.1, 0.15) is 0 Å². The summed E-state index contributed by atoms with van der Waals surface area (Å²) in [6.45, 7) is 7.60. The van der Waals surface area contributed by atoms with Crippen molar-refractivity contribution >= 4 is 0 Å². The summed E-state index contributed by atoms with van der Waals surface area (Å²) in [6.07, 6.45) is 4.83. The van der Waals surface area contributed by atoms with E-state index in [2.05, 4.69) is 18.7 Å². The molecule has 0 radical (unpaired) electrons. The molecular formula is C11H23NO. The molecule has 0 spiro atoms. The van der Waals surface area contributed by atoms with E-state index < -0.39 is 0 Å². The molecular weight excluding hydrogens is 162 g/mol. The van der Waals surface area contributed by atoms with Crippen molar-refractivity contribution in [2.75, 3.05) is 19.6 Å². The Balaban J connectivity index is 2.14. The number of rotatable bonds is 4. The Kier molecular flexibility index (Phi) is 4.74. The first-order valence-electron chi connectivity index (χ1n) is 5.59. The van der Waals surface area contributed by atoms with Gasteiger partial charge in [-0.25, -0.2) is 0 Å². The van der Waals surface area contributed by atoms with Gasteiger partial charge in [-0.15, -0.1) is 0 Å². The van der Waals surface area contributed by atoms with Crippen LogP contribution in [0.5, 0.6) is 0 Å². The SMILES string of the molecule is CC(C)C[C@H](O)CN1CCCCC1. The predicted octanol–water partition coefficient (Wildman–Crippen LogP) is 1.88. The van der Waals surface area contributed by atoms with Crippen molar-refractivity contribution in [2.24, 2.45) is 5.92 Å². The van der Waals surface area contributed by atoms with Crippen LogP contribution in [0.15, 0.2) is 0 Å². The van der Waals surface area contributed by atoms with E-state index in [0.717, 1.165) is 13.0 Å². The van der Waals surface area contributed by atoms with Crippen LogP contribution in [0.4, 0.5) is 0 Å². The van der Waals surface area contributed by atoms with Crippen LogP contribution in [0, 0.1) is 5.92 Å². The van der Waals surface area contributed by atoms with E-state index in [-0.39, 0.29) is 6.10 Å². The molecule has 1 saturated heterocycles. The maximum atomic E-state index is 9.73. The summed E-state index contributed by atoms with van der Waals surface area (Å²) in [5.74, 6) is 0.611. The average molecular weight is 185 g/mol. The van der Waals surface area contributed by atoms with Crippen molar-refractivity contribution in [1.29, 1.82) is 0 Å². The molecule has 0 bridgehead atoms. The van der Waals surface area contributed by atoms with Crippen molar-refractivity contribution in [2.45, 2.75) is 45.6 Å². The van der Waals surface area contributed by atoms with Gasteiger partial charge < -0.3 is 10.0 Å². The fourth-order valence-electron chi connectivity index (χ4n) is 2.06. The maximum absolute atomic E-state index is 9.73. The first-order valence-corrected chi connectivity index (χ1v) is 5.59. The summed E-state index contributed by atoms with van der Waals surface area (Å²) in [7, 11) is 0. The maximum Gasteiger partial charge on any atom is 0.0669 e. The second kappa shape index (κ2) is 5.61. The third-order valence-corrected chi connectivity index (χ3v) is 2.66. The van der Waals surface area contributed by atoms with Crippen molar-refractivity contribution in [1.82, 2.24) is 4.90 Å². The molecule has 0 saturated carbocycles. The third-order valence-electron chi connectivity index (χ3n) is 2.66. The summed E-state index contributed by atoms with van der Waals surface area (Å²) in [4.78, 5) is 2.40. The van der Waals surface area contributed by atoms with Gasteiger partial charge in [0.2, 0.25) is 0 Å². The molecule has 1 atom stereocenters. The Bertz CT molecular complexity index is 130. The summed E-state index contributed by atoms with van der Waals surface area (Å²) < 4.78 is 0. The lowest BCUT2D eigenvalue weighted by Crippen LogP contribution is -2.36. The Hall–Kier alpha value is -0.0800. The zero-order valence-corrected chi connectivity index (χ0v) is 9.00. The zero-order chi connectivity index (χ0) is 9.68. The molecule has 2 heteroatoms. The zero-order valence-electron chi connectivity index (χ0n) is 9.00. The quantitative estimate of drug-likeness (QED) is 0.723. The van der Waals surface area contributed by atoms with Crippen LogP contribution in [0.3, 0.4) is 0 Å². The summed E-state index contributed by atoms with van der Waals surface area (Å²) in [5.41, 5.74) is 0. The van der Waals surface area contributed by atoms with Gasteiger partial charge in [0.25, 0.3) is 0 Å². The molecule has 0 aromatic rings. The predicted molar refractivity (Wildman–Crippen MR) is 55.8 cm³/mol. The number of hydrogen-bond donors (Lipinski definition) is 1. The minimum absolute atomic E-state index is 0.113. The number of aliphatic hydroxyl groups excluding tert-OH is 1. The lowest BCUT2D eigenvalue weighted by molar-refractivity contribution is 0.0856. The van der Waals surface area contributed by atoms with Crippen LogP contribution in [0.25, 0.3) is 0 Å². The first-order chi connectivity index (χ1) is 6.18. The number of likely N-dealkylation sites (tertiary alicyclic amines) is 1. The number of aliphatic hydroxyl groups is 1. The molecule has 1 aliphatic rings. The van der Waals surface area contributed by atoms with E-state index in [1.807, 2.05) is 0 Å². The highest BCUT2D eigenvalue weighted by molar-refractivity contribution is 4.69. The Labute approximate surface area is 81.9 Å². The van der Waals surface area contributed by atoms with Crippen molar-refractivity contribution in [3.8, 4) is 0 Å². The van der Waals surface area contributed by atoms with E-state index in [9.17, 15) is 5.11 Å². The molecule has 0 amide bonds. The second-order valence-corrected chi connectivity index (χ2v) is 4.64. The van der Waals surface area contributed by atoms with Crippen LogP contribution < -0.4 is 0 Å². The van der Waals surface area contributed by atoms with Crippen molar-refractivity contribution in [3.05, 3.63) is 0 Å². The Morgan fingerprint density at radius 2 is 1.77 bits per heavy atom. The highest BCUT2D eigenvalue weighted by Gasteiger charge is 2.14. The Morgan fingerprint density at radius 1 is 1.15 bits per heavy atom. The molecule has 1 N–H and O–H groups in total. The van der Waals surface area contributed by atoms with E-state index in [1.54, 1.807) is 0 Å². The van der Waals surface area contributed by atoms with Crippen molar-refractivity contribution < 1.29 is 5.11 Å². The van der Waals surface area contributed by atoms with Gasteiger partial charge in [0, 0.05) is 6.54 Å². The molecule has 78 valence electrons. The molecule has 1 heterocycles. The largest absolute Gasteiger partial charge is 0.392 e. The third kappa shape index (κ3) is 4.63. The highest BCUT2D eigenvalue weighted by atomic mass is 16.3. The van der Waals surface area contributed by atoms with E-state index >= 15 is 0 Å². The minimum Gasteiger partial charge on any atom is -0.392 e. The number of piperidine rings is 1. The molecule has 2 nitrogen and oxygen atoms in total. The molecule has 1 aliphatic heterocycles. The molecule has 0 unspecified atom stereocenters. The van der Waals surface area contributed by atoms with E-state index in [0.29, 0.717) is 5.92 Å². The number of nitrogens with zero attached hydrogens (tertiary/aromatic N) is 1. The van der Waals surface area contributed by atoms with Gasteiger partial charge in [-0.2, -0.15) is 0 Å². The van der Waals surface area contributed by atoms with Gasteiger partial charge >= 0.3 is 0 Å². The molecule has 0 aromatic carbocycles. The van der Waals surface area contributed by atoms with E-state index in [4.69, 9.17) is 0 Å². The molecule has 13 heavy (non-hydrogen) atoms. The molecule has 1 fully saturated rings. The van der Waals surface area contributed by atoms with Gasteiger partial charge in [0.15, 0.2) is 0 Å². The minimum atomic E-state index is -0.113. The fraction of sp³-hybridized carbons (Fsp3) is 1.00. The summed E-state index contributed by atoms with van der Waals surface area (Å²) in [6, 6.07) is 0. The highest BCUT2D eigenvalue weighted by Crippen LogP contribution is 2.11. The van der Waals surface area contributed by atoms with E-state index in [1.165, 1.54) is 32.4 Å². The molecule has 0 aliphatic carbocycles. The smallest absolute Gasteiger partial charge is 0.0669 e. The van der Waals surface area contributed by atoms with Gasteiger partial charge in [-0.05, 0) is 38.3 Å². The molecule has 1 rings (SSSR count). The number of β-amino-alcohol motifs (C(OH)–C–C–N with tert-alkyl or cyclic N) is 1. The lowest BCUT2D eigenvalue weighted by atomic mass is 10.0. The van der Waals surface area contributed by atoms with Gasteiger partial charge in [-0.1, -0.05) is 20.3 Å². The topological polar surface area (TPSA) is 23.5 Å². The van der Waals surface area contributed by atoms with Crippen LogP contribution in [0.1, 0.15) is 39.5 Å². The van der Waals surface area contributed by atoms with Gasteiger partial charge in [0.05, 0.1) is 6.10 Å². The average Bonchev–Trinajstić information content (AvgIpc) is 2.04. The first kappa shape index (κ1) is 11.0. The Morgan fingerprint density at radius 3 is 2.31 bits per heavy atom. The number of hydrogen-bond acceptors (Lipinski definition) is 2. The van der Waals surface area contributed by atoms with Crippen LogP contribution in [-0.4, -0.2) is 35.7 Å². The summed E-state index contributed by atoms with van der Waals surface area (Å²) in [5, 5.41) is 9.73. The van der Waals surface area contributed by atoms with Crippen LogP contribution >= 0.6 is 0 Å². The second-order valence-electron chi connectivity index (χ2n) is 4.64. The standard InChI is InChI=1S/C11H23NO/c1-10(2)8-11(13)9-12-6-4-3-5-7-12/h10-11,13H,3-9H2,1-2H3/t11-/m0/s1. The summed E-state index contributed by atoms with van der Waals surface area (Å²) >= 11 is 0. The normalized spacial score (nSPS) is 22.2. The van der Waals surface area contributed by atoms with Gasteiger partial charge in [-0.3, -0.25) is 0 Å². The van der Waals surface area contributed by atoms with Crippen LogP contribution in [-0.2, 0) is 0 Å². The molecule has 0 aromatic heterocycles. The van der Waals surface area contributed by atoms with Crippen LogP contribution in [0.2, 0.25) is 0 Å². The fourth-order valence-corrected chi connectivity index (χ4v) is 2.06.